The maximum atomic E-state index is 12.0. The Kier molecular flexibility index (Phi) is 4.35. The summed E-state index contributed by atoms with van der Waals surface area (Å²) < 4.78 is 0. The summed E-state index contributed by atoms with van der Waals surface area (Å²) in [4.78, 5) is 37.2. The van der Waals surface area contributed by atoms with Gasteiger partial charge in [0.1, 0.15) is 5.54 Å². The van der Waals surface area contributed by atoms with Gasteiger partial charge in [0, 0.05) is 20.1 Å². The number of aliphatic hydroxyl groups excluding tert-OH is 1. The standard InChI is InChI=1S/C11H19N3O5/c1-11(2)9(18)13(3)4-5-14(11)10(19)12-6-7(15)8(16)17/h7,15H,4-6H2,1-3H3,(H,12,19)(H,16,17). The highest BCUT2D eigenvalue weighted by Gasteiger charge is 2.43. The number of hydrogen-bond donors (Lipinski definition) is 3. The minimum absolute atomic E-state index is 0.187. The van der Waals surface area contributed by atoms with Gasteiger partial charge in [0.2, 0.25) is 5.91 Å². The quantitative estimate of drug-likeness (QED) is 0.591. The van der Waals surface area contributed by atoms with E-state index in [-0.39, 0.29) is 5.91 Å². The molecule has 0 spiro atoms. The first-order chi connectivity index (χ1) is 8.67. The number of likely N-dealkylation sites (N-methyl/N-ethyl adjacent to an activating group) is 1. The zero-order valence-electron chi connectivity index (χ0n) is 11.2. The maximum absolute atomic E-state index is 12.0. The van der Waals surface area contributed by atoms with Gasteiger partial charge < -0.3 is 25.3 Å². The molecule has 1 fully saturated rings. The Labute approximate surface area is 111 Å². The molecule has 0 aromatic heterocycles. The van der Waals surface area contributed by atoms with Gasteiger partial charge >= 0.3 is 12.0 Å². The Morgan fingerprint density at radius 1 is 1.42 bits per heavy atom. The van der Waals surface area contributed by atoms with Gasteiger partial charge in [-0.2, -0.15) is 0 Å². The third-order valence-electron chi connectivity index (χ3n) is 3.18. The summed E-state index contributed by atoms with van der Waals surface area (Å²) in [6.45, 7) is 3.61. The highest BCUT2D eigenvalue weighted by Crippen LogP contribution is 2.21. The van der Waals surface area contributed by atoms with Crippen molar-refractivity contribution in [2.24, 2.45) is 0 Å². The van der Waals surface area contributed by atoms with Crippen LogP contribution in [0.4, 0.5) is 4.79 Å². The van der Waals surface area contributed by atoms with Crippen molar-refractivity contribution in [3.05, 3.63) is 0 Å². The second-order valence-electron chi connectivity index (χ2n) is 4.98. The summed E-state index contributed by atoms with van der Waals surface area (Å²) in [7, 11) is 1.66. The van der Waals surface area contributed by atoms with Crippen molar-refractivity contribution < 1.29 is 24.6 Å². The Hall–Kier alpha value is -1.83. The van der Waals surface area contributed by atoms with Crippen molar-refractivity contribution in [3.63, 3.8) is 0 Å². The molecule has 0 aromatic carbocycles. The van der Waals surface area contributed by atoms with E-state index in [0.29, 0.717) is 13.1 Å². The molecule has 3 N–H and O–H groups in total. The van der Waals surface area contributed by atoms with Crippen LogP contribution >= 0.6 is 0 Å². The van der Waals surface area contributed by atoms with E-state index in [2.05, 4.69) is 5.32 Å². The third kappa shape index (κ3) is 3.14. The molecule has 19 heavy (non-hydrogen) atoms. The molecule has 0 bridgehead atoms. The summed E-state index contributed by atoms with van der Waals surface area (Å²) in [5.74, 6) is -1.60. The van der Waals surface area contributed by atoms with Crippen molar-refractivity contribution >= 4 is 17.9 Å². The molecule has 0 saturated carbocycles. The van der Waals surface area contributed by atoms with Gasteiger partial charge in [-0.1, -0.05) is 0 Å². The van der Waals surface area contributed by atoms with E-state index < -0.39 is 30.2 Å². The predicted molar refractivity (Wildman–Crippen MR) is 65.5 cm³/mol. The summed E-state index contributed by atoms with van der Waals surface area (Å²) in [6, 6.07) is -0.563. The maximum Gasteiger partial charge on any atom is 0.334 e. The number of carbonyl (C=O) groups excluding carboxylic acids is 2. The van der Waals surface area contributed by atoms with Crippen molar-refractivity contribution in [3.8, 4) is 0 Å². The normalized spacial score (nSPS) is 20.1. The second kappa shape index (κ2) is 5.43. The Bertz CT molecular complexity index is 396. The van der Waals surface area contributed by atoms with Crippen LogP contribution in [0.5, 0.6) is 0 Å². The molecule has 108 valence electrons. The molecule has 8 nitrogen and oxygen atoms in total. The highest BCUT2D eigenvalue weighted by molar-refractivity contribution is 5.91. The minimum Gasteiger partial charge on any atom is -0.479 e. The Morgan fingerprint density at radius 3 is 2.53 bits per heavy atom. The number of rotatable bonds is 3. The lowest BCUT2D eigenvalue weighted by Crippen LogP contribution is -2.65. The van der Waals surface area contributed by atoms with E-state index in [1.807, 2.05) is 0 Å². The molecule has 0 aliphatic carbocycles. The topological polar surface area (TPSA) is 110 Å². The van der Waals surface area contributed by atoms with Crippen LogP contribution in [0.3, 0.4) is 0 Å². The molecule has 1 aliphatic rings. The number of hydrogen-bond acceptors (Lipinski definition) is 4. The van der Waals surface area contributed by atoms with E-state index in [1.54, 1.807) is 20.9 Å². The van der Waals surface area contributed by atoms with Gasteiger partial charge in [-0.25, -0.2) is 9.59 Å². The summed E-state index contributed by atoms with van der Waals surface area (Å²) >= 11 is 0. The zero-order valence-corrected chi connectivity index (χ0v) is 11.2. The van der Waals surface area contributed by atoms with E-state index in [1.165, 1.54) is 9.80 Å². The number of nitrogens with zero attached hydrogens (tertiary/aromatic N) is 2. The summed E-state index contributed by atoms with van der Waals surface area (Å²) in [6.07, 6.45) is -1.66. The molecule has 0 aromatic rings. The van der Waals surface area contributed by atoms with E-state index in [9.17, 15) is 14.4 Å². The van der Waals surface area contributed by atoms with Crippen LogP contribution in [0, 0.1) is 0 Å². The fourth-order valence-corrected chi connectivity index (χ4v) is 1.94. The number of amides is 3. The summed E-state index contributed by atoms with van der Waals surface area (Å²) in [5.41, 5.74) is -0.995. The molecular weight excluding hydrogens is 254 g/mol. The monoisotopic (exact) mass is 273 g/mol. The Balaban J connectivity index is 2.67. The first-order valence-corrected chi connectivity index (χ1v) is 5.90. The van der Waals surface area contributed by atoms with Crippen molar-refractivity contribution in [1.82, 2.24) is 15.1 Å². The number of carbonyl (C=O) groups is 3. The number of aliphatic carboxylic acids is 1. The smallest absolute Gasteiger partial charge is 0.334 e. The van der Waals surface area contributed by atoms with Gasteiger partial charge in [-0.3, -0.25) is 4.79 Å². The number of carboxylic acids is 1. The van der Waals surface area contributed by atoms with Gasteiger partial charge in [-0.15, -0.1) is 0 Å². The van der Waals surface area contributed by atoms with Crippen molar-refractivity contribution in [1.29, 1.82) is 0 Å². The van der Waals surface area contributed by atoms with E-state index >= 15 is 0 Å². The number of piperazine rings is 1. The number of nitrogens with one attached hydrogen (secondary N) is 1. The van der Waals surface area contributed by atoms with Gasteiger partial charge in [-0.05, 0) is 13.8 Å². The molecule has 8 heteroatoms. The molecule has 1 heterocycles. The van der Waals surface area contributed by atoms with E-state index in [0.717, 1.165) is 0 Å². The zero-order chi connectivity index (χ0) is 14.8. The lowest BCUT2D eigenvalue weighted by Gasteiger charge is -2.44. The average Bonchev–Trinajstić information content (AvgIpc) is 2.32. The highest BCUT2D eigenvalue weighted by atomic mass is 16.4. The van der Waals surface area contributed by atoms with Crippen LogP contribution < -0.4 is 5.32 Å². The molecule has 1 atom stereocenters. The SMILES string of the molecule is CN1CCN(C(=O)NCC(O)C(=O)O)C(C)(C)C1=O. The van der Waals surface area contributed by atoms with Crippen LogP contribution in [0.25, 0.3) is 0 Å². The summed E-state index contributed by atoms with van der Waals surface area (Å²) in [5, 5.41) is 19.9. The molecule has 3 amide bonds. The first-order valence-electron chi connectivity index (χ1n) is 5.90. The second-order valence-corrected chi connectivity index (χ2v) is 4.98. The van der Waals surface area contributed by atoms with Crippen LogP contribution in [-0.4, -0.2) is 76.2 Å². The fraction of sp³-hybridized carbons (Fsp3) is 0.727. The fourth-order valence-electron chi connectivity index (χ4n) is 1.94. The molecule has 0 radical (unpaired) electrons. The van der Waals surface area contributed by atoms with Gasteiger partial charge in [0.15, 0.2) is 6.10 Å². The van der Waals surface area contributed by atoms with Crippen LogP contribution in [0.15, 0.2) is 0 Å². The Morgan fingerprint density at radius 2 is 2.00 bits per heavy atom. The number of urea groups is 1. The first kappa shape index (κ1) is 15.2. The van der Waals surface area contributed by atoms with Crippen molar-refractivity contribution in [2.75, 3.05) is 26.7 Å². The number of carboxylic acid groups (broad SMARTS) is 1. The average molecular weight is 273 g/mol. The third-order valence-corrected chi connectivity index (χ3v) is 3.18. The van der Waals surface area contributed by atoms with Crippen LogP contribution in [0.1, 0.15) is 13.8 Å². The minimum atomic E-state index is -1.66. The van der Waals surface area contributed by atoms with Crippen LogP contribution in [-0.2, 0) is 9.59 Å². The van der Waals surface area contributed by atoms with Crippen LogP contribution in [0.2, 0.25) is 0 Å². The van der Waals surface area contributed by atoms with Crippen molar-refractivity contribution in [2.45, 2.75) is 25.5 Å². The molecule has 1 saturated heterocycles. The number of aliphatic hydroxyl groups is 1. The molecule has 1 aliphatic heterocycles. The largest absolute Gasteiger partial charge is 0.479 e. The molecule has 1 unspecified atom stereocenters. The lowest BCUT2D eigenvalue weighted by molar-refractivity contribution is -0.147. The van der Waals surface area contributed by atoms with Gasteiger partial charge in [0.05, 0.1) is 6.54 Å². The predicted octanol–water partition coefficient (Wildman–Crippen LogP) is -1.31. The van der Waals surface area contributed by atoms with Gasteiger partial charge in [0.25, 0.3) is 0 Å². The van der Waals surface area contributed by atoms with E-state index in [4.69, 9.17) is 10.2 Å². The molecular formula is C11H19N3O5. The lowest BCUT2D eigenvalue weighted by atomic mass is 9.98. The molecule has 1 rings (SSSR count).